The van der Waals surface area contributed by atoms with Crippen LogP contribution in [0.2, 0.25) is 0 Å². The molecule has 0 amide bonds. The number of nitrogens with zero attached hydrogens (tertiary/aromatic N) is 2. The zero-order chi connectivity index (χ0) is 13.9. The molecule has 4 N–H and O–H groups in total. The number of aliphatic hydroxyl groups is 1. The number of anilines is 2. The van der Waals surface area contributed by atoms with Crippen molar-refractivity contribution in [2.45, 2.75) is 0 Å². The van der Waals surface area contributed by atoms with Crippen molar-refractivity contribution < 1.29 is 9.52 Å². The van der Waals surface area contributed by atoms with Crippen LogP contribution >= 0.6 is 0 Å². The Bertz CT molecular complexity index is 706. The molecule has 0 spiro atoms. The zero-order valence-corrected chi connectivity index (χ0v) is 10.7. The van der Waals surface area contributed by atoms with Crippen LogP contribution in [0.25, 0.3) is 22.4 Å². The van der Waals surface area contributed by atoms with Crippen LogP contribution < -0.4 is 11.1 Å². The van der Waals surface area contributed by atoms with Crippen molar-refractivity contribution in [2.75, 3.05) is 24.2 Å². The van der Waals surface area contributed by atoms with Gasteiger partial charge in [-0.05, 0) is 12.1 Å². The fourth-order valence-electron chi connectivity index (χ4n) is 1.97. The summed E-state index contributed by atoms with van der Waals surface area (Å²) in [5.74, 6) is 1.35. The number of furan rings is 1. The third-order valence-electron chi connectivity index (χ3n) is 2.84. The minimum absolute atomic E-state index is 0.0177. The number of aromatic nitrogens is 2. The van der Waals surface area contributed by atoms with Crippen LogP contribution in [-0.4, -0.2) is 28.2 Å². The van der Waals surface area contributed by atoms with E-state index in [-0.39, 0.29) is 12.6 Å². The molecule has 2 heterocycles. The minimum Gasteiger partial charge on any atom is -0.454 e. The maximum atomic E-state index is 8.82. The van der Waals surface area contributed by atoms with Gasteiger partial charge in [-0.25, -0.2) is 4.98 Å². The smallest absolute Gasteiger partial charge is 0.222 e. The van der Waals surface area contributed by atoms with Crippen LogP contribution in [0.15, 0.2) is 40.8 Å². The lowest BCUT2D eigenvalue weighted by Gasteiger charge is -2.05. The van der Waals surface area contributed by atoms with E-state index >= 15 is 0 Å². The number of hydrogen-bond acceptors (Lipinski definition) is 6. The van der Waals surface area contributed by atoms with Gasteiger partial charge in [0, 0.05) is 18.0 Å². The Balaban J connectivity index is 2.01. The summed E-state index contributed by atoms with van der Waals surface area (Å²) in [5, 5.41) is 12.8. The summed E-state index contributed by atoms with van der Waals surface area (Å²) in [7, 11) is 0. The van der Waals surface area contributed by atoms with Gasteiger partial charge >= 0.3 is 0 Å². The average Bonchev–Trinajstić information content (AvgIpc) is 2.88. The lowest BCUT2D eigenvalue weighted by atomic mass is 10.2. The van der Waals surface area contributed by atoms with Gasteiger partial charge in [0.1, 0.15) is 17.1 Å². The van der Waals surface area contributed by atoms with Gasteiger partial charge in [-0.3, -0.25) is 0 Å². The van der Waals surface area contributed by atoms with E-state index in [1.165, 1.54) is 0 Å². The quantitative estimate of drug-likeness (QED) is 0.669. The highest BCUT2D eigenvalue weighted by Gasteiger charge is 2.10. The molecule has 3 aromatic rings. The number of rotatable bonds is 4. The summed E-state index contributed by atoms with van der Waals surface area (Å²) in [6.07, 6.45) is 0. The molecule has 0 aliphatic heterocycles. The van der Waals surface area contributed by atoms with Gasteiger partial charge in [-0.1, -0.05) is 18.2 Å². The van der Waals surface area contributed by atoms with E-state index in [2.05, 4.69) is 15.3 Å². The molecule has 2 aromatic heterocycles. The fraction of sp³-hybridized carbons (Fsp3) is 0.143. The molecule has 0 aliphatic rings. The summed E-state index contributed by atoms with van der Waals surface area (Å²) in [5.41, 5.74) is 7.10. The van der Waals surface area contributed by atoms with Crippen LogP contribution in [0.5, 0.6) is 0 Å². The number of aliphatic hydroxyl groups excluding tert-OH is 1. The second-order valence-electron chi connectivity index (χ2n) is 4.30. The molecule has 3 rings (SSSR count). The molecule has 0 bridgehead atoms. The number of nitrogen functional groups attached to an aromatic ring is 1. The number of hydrogen-bond donors (Lipinski definition) is 3. The summed E-state index contributed by atoms with van der Waals surface area (Å²) in [6, 6.07) is 11.4. The van der Waals surface area contributed by atoms with E-state index in [0.29, 0.717) is 23.8 Å². The van der Waals surface area contributed by atoms with Crippen LogP contribution in [0.3, 0.4) is 0 Å². The Morgan fingerprint density at radius 3 is 2.85 bits per heavy atom. The third kappa shape index (κ3) is 2.41. The first-order chi connectivity index (χ1) is 9.76. The van der Waals surface area contributed by atoms with Crippen LogP contribution in [-0.2, 0) is 0 Å². The van der Waals surface area contributed by atoms with Crippen molar-refractivity contribution in [1.29, 1.82) is 0 Å². The van der Waals surface area contributed by atoms with E-state index < -0.39 is 0 Å². The van der Waals surface area contributed by atoms with Crippen molar-refractivity contribution >= 4 is 22.7 Å². The summed E-state index contributed by atoms with van der Waals surface area (Å²) >= 11 is 0. The first kappa shape index (κ1) is 12.4. The molecular weight excluding hydrogens is 256 g/mol. The van der Waals surface area contributed by atoms with E-state index in [1.807, 2.05) is 30.3 Å². The number of benzene rings is 1. The molecule has 0 aliphatic carbocycles. The topological polar surface area (TPSA) is 97.2 Å². The van der Waals surface area contributed by atoms with Crippen molar-refractivity contribution in [3.8, 4) is 11.5 Å². The summed E-state index contributed by atoms with van der Waals surface area (Å²) < 4.78 is 5.75. The monoisotopic (exact) mass is 270 g/mol. The normalized spacial score (nSPS) is 10.8. The Kier molecular flexibility index (Phi) is 3.22. The predicted octanol–water partition coefficient (Wildman–Crippen LogP) is 1.88. The Morgan fingerprint density at radius 2 is 2.05 bits per heavy atom. The van der Waals surface area contributed by atoms with E-state index in [1.54, 1.807) is 6.07 Å². The van der Waals surface area contributed by atoms with Gasteiger partial charge in [-0.15, -0.1) is 0 Å². The lowest BCUT2D eigenvalue weighted by molar-refractivity contribution is 0.311. The lowest BCUT2D eigenvalue weighted by Crippen LogP contribution is -2.08. The maximum Gasteiger partial charge on any atom is 0.222 e. The number of fused-ring (bicyclic) bond motifs is 1. The summed E-state index contributed by atoms with van der Waals surface area (Å²) in [6.45, 7) is 0.417. The number of para-hydroxylation sites is 1. The summed E-state index contributed by atoms with van der Waals surface area (Å²) in [4.78, 5) is 8.23. The molecule has 0 unspecified atom stereocenters. The van der Waals surface area contributed by atoms with Crippen molar-refractivity contribution in [1.82, 2.24) is 9.97 Å². The molecule has 0 radical (unpaired) electrons. The van der Waals surface area contributed by atoms with Gasteiger partial charge in [0.2, 0.25) is 5.95 Å². The molecule has 6 nitrogen and oxygen atoms in total. The van der Waals surface area contributed by atoms with Gasteiger partial charge in [0.05, 0.1) is 6.61 Å². The standard InChI is InChI=1S/C14H14N4O2/c15-14-17-10(8-13(18-14)16-5-6-19)12-7-9-3-1-2-4-11(9)20-12/h1-4,7-8,19H,5-6H2,(H3,15,16,17,18). The molecule has 6 heteroatoms. The van der Waals surface area contributed by atoms with Crippen LogP contribution in [0.4, 0.5) is 11.8 Å². The molecule has 0 saturated heterocycles. The fourth-order valence-corrected chi connectivity index (χ4v) is 1.97. The van der Waals surface area contributed by atoms with Crippen molar-refractivity contribution in [3.05, 3.63) is 36.4 Å². The highest BCUT2D eigenvalue weighted by Crippen LogP contribution is 2.27. The highest BCUT2D eigenvalue weighted by atomic mass is 16.3. The third-order valence-corrected chi connectivity index (χ3v) is 2.84. The van der Waals surface area contributed by atoms with Gasteiger partial charge in [-0.2, -0.15) is 4.98 Å². The first-order valence-electron chi connectivity index (χ1n) is 6.24. The van der Waals surface area contributed by atoms with E-state index in [9.17, 15) is 0 Å². The SMILES string of the molecule is Nc1nc(NCCO)cc(-c2cc3ccccc3o2)n1. The molecule has 0 fully saturated rings. The Labute approximate surface area is 115 Å². The maximum absolute atomic E-state index is 8.82. The number of nitrogens with one attached hydrogen (secondary N) is 1. The molecule has 0 saturated carbocycles. The average molecular weight is 270 g/mol. The van der Waals surface area contributed by atoms with Crippen LogP contribution in [0, 0.1) is 0 Å². The van der Waals surface area contributed by atoms with Crippen molar-refractivity contribution in [3.63, 3.8) is 0 Å². The second-order valence-corrected chi connectivity index (χ2v) is 4.30. The van der Waals surface area contributed by atoms with E-state index in [0.717, 1.165) is 11.0 Å². The molecule has 0 atom stereocenters. The van der Waals surface area contributed by atoms with Gasteiger partial charge in [0.25, 0.3) is 0 Å². The highest BCUT2D eigenvalue weighted by molar-refractivity contribution is 5.82. The Hall–Kier alpha value is -2.60. The molecular formula is C14H14N4O2. The van der Waals surface area contributed by atoms with Crippen molar-refractivity contribution in [2.24, 2.45) is 0 Å². The predicted molar refractivity (Wildman–Crippen MR) is 77.2 cm³/mol. The molecule has 20 heavy (non-hydrogen) atoms. The van der Waals surface area contributed by atoms with E-state index in [4.69, 9.17) is 15.3 Å². The number of nitrogens with two attached hydrogens (primary N) is 1. The Morgan fingerprint density at radius 1 is 1.20 bits per heavy atom. The van der Waals surface area contributed by atoms with Gasteiger partial charge < -0.3 is 20.6 Å². The zero-order valence-electron chi connectivity index (χ0n) is 10.7. The molecule has 102 valence electrons. The first-order valence-corrected chi connectivity index (χ1v) is 6.24. The second kappa shape index (κ2) is 5.18. The largest absolute Gasteiger partial charge is 0.454 e. The van der Waals surface area contributed by atoms with Crippen LogP contribution in [0.1, 0.15) is 0 Å². The minimum atomic E-state index is 0.0177. The van der Waals surface area contributed by atoms with Gasteiger partial charge in [0.15, 0.2) is 5.76 Å². The molecule has 1 aromatic carbocycles.